The second-order valence-electron chi connectivity index (χ2n) is 7.68. The Hall–Kier alpha value is -2.19. The molecule has 1 aliphatic heterocycles. The van der Waals surface area contributed by atoms with Crippen LogP contribution in [0.5, 0.6) is 0 Å². The molecule has 2 bridgehead atoms. The van der Waals surface area contributed by atoms with Gasteiger partial charge < -0.3 is 10.1 Å². The third-order valence-corrected chi connectivity index (χ3v) is 7.68. The van der Waals surface area contributed by atoms with E-state index in [-0.39, 0.29) is 29.3 Å². The van der Waals surface area contributed by atoms with Crippen molar-refractivity contribution in [2.75, 3.05) is 25.0 Å². The van der Waals surface area contributed by atoms with E-state index in [0.29, 0.717) is 24.7 Å². The predicted octanol–water partition coefficient (Wildman–Crippen LogP) is 2.17. The highest BCUT2D eigenvalue weighted by molar-refractivity contribution is 7.89. The lowest BCUT2D eigenvalue weighted by atomic mass is 9.94. The van der Waals surface area contributed by atoms with Crippen molar-refractivity contribution >= 4 is 27.6 Å². The first-order chi connectivity index (χ1) is 13.4. The fourth-order valence-electron chi connectivity index (χ4n) is 4.28. The molecule has 2 fully saturated rings. The van der Waals surface area contributed by atoms with Crippen molar-refractivity contribution in [3.63, 3.8) is 0 Å². The number of anilines is 1. The van der Waals surface area contributed by atoms with Crippen molar-refractivity contribution in [1.82, 2.24) is 4.31 Å². The van der Waals surface area contributed by atoms with Gasteiger partial charge in [-0.1, -0.05) is 12.2 Å². The highest BCUT2D eigenvalue weighted by atomic mass is 32.2. The number of carbonyl (C=O) groups is 2. The molecule has 1 aromatic rings. The van der Waals surface area contributed by atoms with Gasteiger partial charge in [0.15, 0.2) is 6.61 Å². The molecule has 0 unspecified atom stereocenters. The summed E-state index contributed by atoms with van der Waals surface area (Å²) in [6, 6.07) is 6.06. The summed E-state index contributed by atoms with van der Waals surface area (Å²) in [4.78, 5) is 24.4. The molecule has 0 aromatic heterocycles. The summed E-state index contributed by atoms with van der Waals surface area (Å²) < 4.78 is 31.7. The van der Waals surface area contributed by atoms with Crippen LogP contribution in [0.2, 0.25) is 0 Å². The number of nitrogens with one attached hydrogen (secondary N) is 1. The fraction of sp³-hybridized carbons (Fsp3) is 0.500. The summed E-state index contributed by atoms with van der Waals surface area (Å²) in [6.07, 6.45) is 7.77. The molecule has 2 aliphatic carbocycles. The molecule has 7 nitrogen and oxygen atoms in total. The van der Waals surface area contributed by atoms with Crippen molar-refractivity contribution in [2.45, 2.75) is 30.6 Å². The van der Waals surface area contributed by atoms with E-state index in [1.54, 1.807) is 12.1 Å². The number of hydrogen-bond donors (Lipinski definition) is 1. The molecule has 150 valence electrons. The highest BCUT2D eigenvalue weighted by Crippen LogP contribution is 2.43. The second kappa shape index (κ2) is 7.67. The first-order valence-corrected chi connectivity index (χ1v) is 11.1. The summed E-state index contributed by atoms with van der Waals surface area (Å²) >= 11 is 0. The Bertz CT molecular complexity index is 888. The molecular weight excluding hydrogens is 380 g/mol. The number of nitrogens with zero attached hydrogens (tertiary/aromatic N) is 1. The molecule has 0 spiro atoms. The molecule has 8 heteroatoms. The smallest absolute Gasteiger partial charge is 0.310 e. The Morgan fingerprint density at radius 2 is 1.79 bits per heavy atom. The zero-order chi connectivity index (χ0) is 19.7. The summed E-state index contributed by atoms with van der Waals surface area (Å²) in [6.45, 7) is 0.749. The number of esters is 1. The number of allylic oxidation sites excluding steroid dienone is 2. The minimum Gasteiger partial charge on any atom is -0.455 e. The van der Waals surface area contributed by atoms with Crippen LogP contribution in [0.4, 0.5) is 5.69 Å². The van der Waals surface area contributed by atoms with Crippen molar-refractivity contribution < 1.29 is 22.7 Å². The first-order valence-electron chi connectivity index (χ1n) is 9.68. The van der Waals surface area contributed by atoms with Crippen LogP contribution in [0.3, 0.4) is 0 Å². The van der Waals surface area contributed by atoms with E-state index in [9.17, 15) is 18.0 Å². The normalized spacial score (nSPS) is 26.5. The molecule has 1 saturated heterocycles. The summed E-state index contributed by atoms with van der Waals surface area (Å²) in [7, 11) is -3.47. The van der Waals surface area contributed by atoms with Crippen LogP contribution < -0.4 is 5.32 Å². The average molecular weight is 404 g/mol. The van der Waals surface area contributed by atoms with Gasteiger partial charge in [-0.15, -0.1) is 0 Å². The Morgan fingerprint density at radius 1 is 1.07 bits per heavy atom. The minimum absolute atomic E-state index is 0.141. The third-order valence-electron chi connectivity index (χ3n) is 5.77. The molecule has 3 atom stereocenters. The number of carbonyl (C=O) groups excluding carboxylic acids is 2. The van der Waals surface area contributed by atoms with Gasteiger partial charge in [0.1, 0.15) is 0 Å². The van der Waals surface area contributed by atoms with Gasteiger partial charge in [-0.2, -0.15) is 4.31 Å². The van der Waals surface area contributed by atoms with Gasteiger partial charge in [-0.3, -0.25) is 9.59 Å². The quantitative estimate of drug-likeness (QED) is 0.579. The molecule has 1 aromatic carbocycles. The van der Waals surface area contributed by atoms with Crippen LogP contribution in [-0.2, 0) is 24.3 Å². The molecule has 28 heavy (non-hydrogen) atoms. The summed E-state index contributed by atoms with van der Waals surface area (Å²) in [5.41, 5.74) is 0.462. The number of hydrogen-bond acceptors (Lipinski definition) is 5. The SMILES string of the molecule is O=C(COC(=O)[C@H]1C[C@H]2C=C[C@H]1C2)Nc1ccc(S(=O)(=O)N2CCCC2)cc1. The Balaban J connectivity index is 1.29. The number of fused-ring (bicyclic) bond motifs is 2. The maximum atomic E-state index is 12.5. The van der Waals surface area contributed by atoms with E-state index < -0.39 is 15.9 Å². The molecular formula is C20H24N2O5S. The van der Waals surface area contributed by atoms with Crippen molar-refractivity contribution in [1.29, 1.82) is 0 Å². The topological polar surface area (TPSA) is 92.8 Å². The Kier molecular flexibility index (Phi) is 5.25. The maximum absolute atomic E-state index is 12.5. The zero-order valence-electron chi connectivity index (χ0n) is 15.5. The van der Waals surface area contributed by atoms with Crippen LogP contribution in [0.1, 0.15) is 25.7 Å². The number of ether oxygens (including phenoxy) is 1. The van der Waals surface area contributed by atoms with Crippen molar-refractivity contribution in [3.8, 4) is 0 Å². The van der Waals surface area contributed by atoms with Gasteiger partial charge in [0.25, 0.3) is 5.91 Å². The van der Waals surface area contributed by atoms with E-state index in [4.69, 9.17) is 4.74 Å². The lowest BCUT2D eigenvalue weighted by Crippen LogP contribution is -2.28. The van der Waals surface area contributed by atoms with Crippen LogP contribution in [-0.4, -0.2) is 44.3 Å². The summed E-state index contributed by atoms with van der Waals surface area (Å²) in [5, 5.41) is 2.63. The third kappa shape index (κ3) is 3.84. The van der Waals surface area contributed by atoms with Gasteiger partial charge in [-0.05, 0) is 61.8 Å². The first kappa shape index (κ1) is 19.1. The fourth-order valence-corrected chi connectivity index (χ4v) is 5.80. The van der Waals surface area contributed by atoms with E-state index in [0.717, 1.165) is 25.7 Å². The predicted molar refractivity (Wildman–Crippen MR) is 103 cm³/mol. The lowest BCUT2D eigenvalue weighted by molar-refractivity contribution is -0.152. The second-order valence-corrected chi connectivity index (χ2v) is 9.62. The van der Waals surface area contributed by atoms with Gasteiger partial charge >= 0.3 is 5.97 Å². The number of rotatable bonds is 6. The highest BCUT2D eigenvalue weighted by Gasteiger charge is 2.40. The molecule has 3 aliphatic rings. The minimum atomic E-state index is -3.47. The van der Waals surface area contributed by atoms with Crippen LogP contribution in [0.15, 0.2) is 41.3 Å². The van der Waals surface area contributed by atoms with Crippen molar-refractivity contribution in [3.05, 3.63) is 36.4 Å². The lowest BCUT2D eigenvalue weighted by Gasteiger charge is -2.17. The number of amides is 1. The van der Waals surface area contributed by atoms with Gasteiger partial charge in [-0.25, -0.2) is 8.42 Å². The molecule has 1 amide bonds. The van der Waals surface area contributed by atoms with E-state index in [2.05, 4.69) is 17.5 Å². The number of sulfonamides is 1. The number of benzene rings is 1. The van der Waals surface area contributed by atoms with Gasteiger partial charge in [0.2, 0.25) is 10.0 Å². The zero-order valence-corrected chi connectivity index (χ0v) is 16.4. The van der Waals surface area contributed by atoms with Gasteiger partial charge in [0.05, 0.1) is 10.8 Å². The van der Waals surface area contributed by atoms with E-state index >= 15 is 0 Å². The van der Waals surface area contributed by atoms with Gasteiger partial charge in [0, 0.05) is 18.8 Å². The van der Waals surface area contributed by atoms with E-state index in [1.165, 1.54) is 16.4 Å². The van der Waals surface area contributed by atoms with Crippen molar-refractivity contribution in [2.24, 2.45) is 17.8 Å². The molecule has 0 radical (unpaired) electrons. The molecule has 1 heterocycles. The standard InChI is InChI=1S/C20H24N2O5S/c23-19(13-27-20(24)18-12-14-3-4-15(18)11-14)21-16-5-7-17(8-6-16)28(25,26)22-9-1-2-10-22/h3-8,14-15,18H,1-2,9-13H2,(H,21,23)/t14-,15-,18-/m0/s1. The Morgan fingerprint density at radius 3 is 2.39 bits per heavy atom. The largest absolute Gasteiger partial charge is 0.455 e. The monoisotopic (exact) mass is 404 g/mol. The van der Waals surface area contributed by atoms with Crippen LogP contribution >= 0.6 is 0 Å². The van der Waals surface area contributed by atoms with Crippen LogP contribution in [0.25, 0.3) is 0 Å². The average Bonchev–Trinajstić information content (AvgIpc) is 3.44. The Labute approximate surface area is 164 Å². The van der Waals surface area contributed by atoms with Crippen LogP contribution in [0, 0.1) is 17.8 Å². The molecule has 4 rings (SSSR count). The maximum Gasteiger partial charge on any atom is 0.310 e. The summed E-state index contributed by atoms with van der Waals surface area (Å²) in [5.74, 6) is -0.198. The van der Waals surface area contributed by atoms with E-state index in [1.807, 2.05) is 0 Å². The molecule has 1 N–H and O–H groups in total. The molecule has 1 saturated carbocycles.